The molecule has 0 amide bonds. The Bertz CT molecular complexity index is 498. The molecule has 1 aromatic heterocycles. The Balaban J connectivity index is 1.62. The van der Waals surface area contributed by atoms with Crippen molar-refractivity contribution in [2.75, 3.05) is 19.7 Å². The first kappa shape index (κ1) is 14.5. The molecule has 0 aromatic carbocycles. The third-order valence-electron chi connectivity index (χ3n) is 4.38. The van der Waals surface area contributed by atoms with Crippen molar-refractivity contribution in [3.05, 3.63) is 11.7 Å². The number of esters is 1. The van der Waals surface area contributed by atoms with Crippen LogP contribution >= 0.6 is 0 Å². The Morgan fingerprint density at radius 3 is 3.00 bits per heavy atom. The van der Waals surface area contributed by atoms with Crippen molar-refractivity contribution in [3.8, 4) is 0 Å². The number of hydrogen-bond donors (Lipinski definition) is 0. The summed E-state index contributed by atoms with van der Waals surface area (Å²) in [7, 11) is 0. The van der Waals surface area contributed by atoms with E-state index in [-0.39, 0.29) is 17.9 Å². The molecule has 0 radical (unpaired) electrons. The van der Waals surface area contributed by atoms with E-state index in [2.05, 4.69) is 22.0 Å². The maximum Gasteiger partial charge on any atom is 0.310 e. The highest BCUT2D eigenvalue weighted by Gasteiger charge is 2.33. The fraction of sp³-hybridized carbons (Fsp3) is 0.800. The Morgan fingerprint density at radius 2 is 2.29 bits per heavy atom. The van der Waals surface area contributed by atoms with E-state index in [0.717, 1.165) is 25.2 Å². The van der Waals surface area contributed by atoms with Crippen molar-refractivity contribution in [1.29, 1.82) is 0 Å². The van der Waals surface area contributed by atoms with Gasteiger partial charge in [0.2, 0.25) is 5.89 Å². The lowest BCUT2D eigenvalue weighted by molar-refractivity contribution is -0.150. The predicted octanol–water partition coefficient (Wildman–Crippen LogP) is 2.28. The van der Waals surface area contributed by atoms with Crippen LogP contribution in [0.25, 0.3) is 0 Å². The number of likely N-dealkylation sites (tertiary alicyclic amines) is 1. The molecule has 1 aromatic rings. The monoisotopic (exact) mass is 293 g/mol. The second kappa shape index (κ2) is 6.13. The summed E-state index contributed by atoms with van der Waals surface area (Å²) in [6.45, 7) is 6.02. The smallest absolute Gasteiger partial charge is 0.310 e. The highest BCUT2D eigenvalue weighted by molar-refractivity contribution is 5.72. The summed E-state index contributed by atoms with van der Waals surface area (Å²) in [5, 5.41) is 4.07. The number of hydrogen-bond acceptors (Lipinski definition) is 6. The largest absolute Gasteiger partial charge is 0.466 e. The number of carbonyl (C=O) groups is 1. The van der Waals surface area contributed by atoms with Gasteiger partial charge >= 0.3 is 5.97 Å². The molecule has 1 saturated heterocycles. The van der Waals surface area contributed by atoms with Gasteiger partial charge in [-0.1, -0.05) is 5.16 Å². The van der Waals surface area contributed by atoms with Crippen molar-refractivity contribution >= 4 is 5.97 Å². The van der Waals surface area contributed by atoms with Gasteiger partial charge in [0.25, 0.3) is 0 Å². The third kappa shape index (κ3) is 3.26. The molecule has 116 valence electrons. The van der Waals surface area contributed by atoms with Gasteiger partial charge < -0.3 is 9.26 Å². The van der Waals surface area contributed by atoms with Crippen LogP contribution in [-0.2, 0) is 9.53 Å². The first-order valence-corrected chi connectivity index (χ1v) is 7.93. The van der Waals surface area contributed by atoms with Crippen LogP contribution in [0.5, 0.6) is 0 Å². The summed E-state index contributed by atoms with van der Waals surface area (Å²) in [6.07, 6.45) is 4.24. The lowest BCUT2D eigenvalue weighted by Crippen LogP contribution is -2.40. The molecule has 1 saturated carbocycles. The molecule has 1 aliphatic carbocycles. The fourth-order valence-corrected chi connectivity index (χ4v) is 2.89. The van der Waals surface area contributed by atoms with Gasteiger partial charge in [-0.2, -0.15) is 4.98 Å². The quantitative estimate of drug-likeness (QED) is 0.776. The second-order valence-corrected chi connectivity index (χ2v) is 6.03. The minimum absolute atomic E-state index is 0.0352. The SMILES string of the molecule is CCOC(=O)[C@@H]1CCCN([C@H](C)c2nc(C3CC3)no2)C1. The number of nitrogens with zero attached hydrogens (tertiary/aromatic N) is 3. The molecule has 21 heavy (non-hydrogen) atoms. The molecule has 2 heterocycles. The maximum absolute atomic E-state index is 11.9. The van der Waals surface area contributed by atoms with E-state index < -0.39 is 0 Å². The van der Waals surface area contributed by atoms with Crippen molar-refractivity contribution in [3.63, 3.8) is 0 Å². The van der Waals surface area contributed by atoms with Crippen LogP contribution in [-0.4, -0.2) is 40.7 Å². The van der Waals surface area contributed by atoms with Gasteiger partial charge in [-0.25, -0.2) is 0 Å². The molecular formula is C15H23N3O3. The highest BCUT2D eigenvalue weighted by Crippen LogP contribution is 2.38. The second-order valence-electron chi connectivity index (χ2n) is 6.03. The van der Waals surface area contributed by atoms with Gasteiger partial charge in [-0.15, -0.1) is 0 Å². The molecule has 2 fully saturated rings. The van der Waals surface area contributed by atoms with Crippen molar-refractivity contribution in [1.82, 2.24) is 15.0 Å². The van der Waals surface area contributed by atoms with Crippen LogP contribution in [0.4, 0.5) is 0 Å². The zero-order valence-electron chi connectivity index (χ0n) is 12.7. The first-order valence-electron chi connectivity index (χ1n) is 7.93. The van der Waals surface area contributed by atoms with E-state index in [0.29, 0.717) is 25.0 Å². The standard InChI is InChI=1S/C15H23N3O3/c1-3-20-15(19)12-5-4-8-18(9-12)10(2)14-16-13(17-21-14)11-6-7-11/h10-12H,3-9H2,1-2H3/t10-,12-/m1/s1. The molecule has 6 nitrogen and oxygen atoms in total. The summed E-state index contributed by atoms with van der Waals surface area (Å²) in [5.74, 6) is 1.89. The van der Waals surface area contributed by atoms with E-state index in [1.54, 1.807) is 0 Å². The van der Waals surface area contributed by atoms with Gasteiger partial charge in [-0.05, 0) is 46.1 Å². The number of aromatic nitrogens is 2. The van der Waals surface area contributed by atoms with Crippen molar-refractivity contribution < 1.29 is 14.1 Å². The van der Waals surface area contributed by atoms with Crippen LogP contribution in [0.15, 0.2) is 4.52 Å². The van der Waals surface area contributed by atoms with Gasteiger partial charge in [-0.3, -0.25) is 9.69 Å². The summed E-state index contributed by atoms with van der Waals surface area (Å²) in [5.41, 5.74) is 0. The van der Waals surface area contributed by atoms with Crippen LogP contribution in [0.1, 0.15) is 63.2 Å². The third-order valence-corrected chi connectivity index (χ3v) is 4.38. The summed E-state index contributed by atoms with van der Waals surface area (Å²) in [4.78, 5) is 18.7. The number of ether oxygens (including phenoxy) is 1. The minimum atomic E-state index is -0.0846. The summed E-state index contributed by atoms with van der Waals surface area (Å²) < 4.78 is 10.5. The number of carbonyl (C=O) groups excluding carboxylic acids is 1. The van der Waals surface area contributed by atoms with E-state index in [9.17, 15) is 4.79 Å². The van der Waals surface area contributed by atoms with E-state index in [1.807, 2.05) is 6.92 Å². The van der Waals surface area contributed by atoms with Crippen LogP contribution in [0.3, 0.4) is 0 Å². The van der Waals surface area contributed by atoms with Gasteiger partial charge in [0.1, 0.15) is 0 Å². The topological polar surface area (TPSA) is 68.5 Å². The van der Waals surface area contributed by atoms with Gasteiger partial charge in [0.05, 0.1) is 18.6 Å². The average Bonchev–Trinajstić information content (AvgIpc) is 3.24. The Kier molecular flexibility index (Phi) is 4.24. The Hall–Kier alpha value is -1.43. The molecule has 3 rings (SSSR count). The minimum Gasteiger partial charge on any atom is -0.466 e. The Labute approximate surface area is 124 Å². The van der Waals surface area contributed by atoms with Gasteiger partial charge in [0.15, 0.2) is 5.82 Å². The molecule has 1 aliphatic heterocycles. The van der Waals surface area contributed by atoms with E-state index in [1.165, 1.54) is 12.8 Å². The highest BCUT2D eigenvalue weighted by atomic mass is 16.5. The molecule has 2 aliphatic rings. The van der Waals surface area contributed by atoms with Crippen LogP contribution in [0, 0.1) is 5.92 Å². The normalized spacial score (nSPS) is 24.8. The van der Waals surface area contributed by atoms with Gasteiger partial charge in [0, 0.05) is 12.5 Å². The molecule has 0 bridgehead atoms. The molecule has 0 N–H and O–H groups in total. The molecule has 0 unspecified atom stereocenters. The first-order chi connectivity index (χ1) is 10.2. The molecule has 0 spiro atoms. The van der Waals surface area contributed by atoms with E-state index >= 15 is 0 Å². The zero-order chi connectivity index (χ0) is 14.8. The predicted molar refractivity (Wildman–Crippen MR) is 75.6 cm³/mol. The van der Waals surface area contributed by atoms with Crippen molar-refractivity contribution in [2.24, 2.45) is 5.92 Å². The lowest BCUT2D eigenvalue weighted by atomic mass is 9.97. The molecular weight excluding hydrogens is 270 g/mol. The molecule has 2 atom stereocenters. The maximum atomic E-state index is 11.9. The Morgan fingerprint density at radius 1 is 1.48 bits per heavy atom. The van der Waals surface area contributed by atoms with Crippen LogP contribution in [0.2, 0.25) is 0 Å². The van der Waals surface area contributed by atoms with Crippen LogP contribution < -0.4 is 0 Å². The number of piperidine rings is 1. The molecule has 6 heteroatoms. The van der Waals surface area contributed by atoms with Crippen molar-refractivity contribution in [2.45, 2.75) is 51.5 Å². The summed E-state index contributed by atoms with van der Waals surface area (Å²) >= 11 is 0. The number of rotatable bonds is 5. The van der Waals surface area contributed by atoms with E-state index in [4.69, 9.17) is 9.26 Å². The fourth-order valence-electron chi connectivity index (χ4n) is 2.89. The lowest BCUT2D eigenvalue weighted by Gasteiger charge is -2.34. The zero-order valence-corrected chi connectivity index (χ0v) is 12.7. The summed E-state index contributed by atoms with van der Waals surface area (Å²) in [6, 6.07) is 0.0576. The average molecular weight is 293 g/mol.